The van der Waals surface area contributed by atoms with Crippen molar-refractivity contribution in [3.63, 3.8) is 0 Å². The van der Waals surface area contributed by atoms with Crippen molar-refractivity contribution in [2.45, 2.75) is 11.4 Å². The molecule has 2 heterocycles. The number of nitrogen functional groups attached to an aromatic ring is 1. The van der Waals surface area contributed by atoms with Gasteiger partial charge in [-0.05, 0) is 17.7 Å². The number of pyridine rings is 1. The Bertz CT molecular complexity index is 963. The third kappa shape index (κ3) is 3.10. The van der Waals surface area contributed by atoms with Crippen LogP contribution in [0.25, 0.3) is 11.0 Å². The van der Waals surface area contributed by atoms with Crippen LogP contribution in [-0.2, 0) is 23.6 Å². The predicted molar refractivity (Wildman–Crippen MR) is 88.1 cm³/mol. The summed E-state index contributed by atoms with van der Waals surface area (Å²) in [5, 5.41) is 13.4. The topological polar surface area (TPSA) is 129 Å². The van der Waals surface area contributed by atoms with Gasteiger partial charge in [0.15, 0.2) is 5.65 Å². The second-order valence-electron chi connectivity index (χ2n) is 5.14. The van der Waals surface area contributed by atoms with Crippen LogP contribution in [0, 0.1) is 0 Å². The van der Waals surface area contributed by atoms with Crippen LogP contribution < -0.4 is 16.2 Å². The third-order valence-electron chi connectivity index (χ3n) is 3.46. The van der Waals surface area contributed by atoms with Crippen LogP contribution in [-0.4, -0.2) is 23.2 Å². The predicted octanol–water partition coefficient (Wildman–Crippen LogP) is 0.810. The molecule has 0 aliphatic heterocycles. The van der Waals surface area contributed by atoms with Crippen molar-refractivity contribution < 1.29 is 8.42 Å². The van der Waals surface area contributed by atoms with Gasteiger partial charge in [0, 0.05) is 19.7 Å². The maximum absolute atomic E-state index is 11.2. The maximum Gasteiger partial charge on any atom is 0.238 e. The molecule has 0 atom stereocenters. The number of nitrogens with one attached hydrogen (secondary N) is 1. The summed E-state index contributed by atoms with van der Waals surface area (Å²) in [7, 11) is -1.88. The zero-order valence-electron chi connectivity index (χ0n) is 12.4. The number of nitrogens with zero attached hydrogens (tertiary/aromatic N) is 3. The minimum Gasteiger partial charge on any atom is -0.384 e. The summed E-state index contributed by atoms with van der Waals surface area (Å²) in [6.45, 7) is 0.498. The van der Waals surface area contributed by atoms with Crippen LogP contribution in [0.4, 0.5) is 11.5 Å². The zero-order valence-corrected chi connectivity index (χ0v) is 13.2. The van der Waals surface area contributed by atoms with E-state index in [-0.39, 0.29) is 4.90 Å². The minimum absolute atomic E-state index is 0.0871. The highest BCUT2D eigenvalue weighted by Gasteiger charge is 2.09. The highest BCUT2D eigenvalue weighted by Crippen LogP contribution is 2.24. The van der Waals surface area contributed by atoms with E-state index in [2.05, 4.69) is 15.4 Å². The summed E-state index contributed by atoms with van der Waals surface area (Å²) in [5.74, 6) is 0.396. The molecule has 0 bridgehead atoms. The fraction of sp³-hybridized carbons (Fsp3) is 0.143. The Morgan fingerprint density at radius 2 is 1.96 bits per heavy atom. The van der Waals surface area contributed by atoms with Gasteiger partial charge in [0.25, 0.3) is 0 Å². The standard InChI is InChI=1S/C14H16N6O2S/c1-20-14-11(8-18-20)12(6-13(15)19-14)17-7-9-2-4-10(5-3-9)23(16,21)22/h2-6,8H,7H2,1H3,(H3,15,17,19)(H2,16,21,22). The molecule has 9 heteroatoms. The van der Waals surface area contributed by atoms with Gasteiger partial charge in [0.05, 0.1) is 22.2 Å². The summed E-state index contributed by atoms with van der Waals surface area (Å²) < 4.78 is 24.1. The molecule has 2 aromatic heterocycles. The van der Waals surface area contributed by atoms with E-state index in [1.54, 1.807) is 36.1 Å². The molecular formula is C14H16N6O2S. The lowest BCUT2D eigenvalue weighted by Crippen LogP contribution is -2.12. The molecule has 0 saturated carbocycles. The Kier molecular flexibility index (Phi) is 3.66. The van der Waals surface area contributed by atoms with Crippen molar-refractivity contribution in [1.29, 1.82) is 0 Å². The maximum atomic E-state index is 11.2. The number of primary sulfonamides is 1. The Hall–Kier alpha value is -2.65. The SMILES string of the molecule is Cn1ncc2c(NCc3ccc(S(N)(=O)=O)cc3)cc(N)nc21. The van der Waals surface area contributed by atoms with Gasteiger partial charge >= 0.3 is 0 Å². The summed E-state index contributed by atoms with van der Waals surface area (Å²) in [4.78, 5) is 4.33. The van der Waals surface area contributed by atoms with Gasteiger partial charge in [-0.2, -0.15) is 5.10 Å². The van der Waals surface area contributed by atoms with Crippen molar-refractivity contribution in [1.82, 2.24) is 14.8 Å². The van der Waals surface area contributed by atoms with Crippen LogP contribution in [0.3, 0.4) is 0 Å². The number of hydrogen-bond acceptors (Lipinski definition) is 6. The molecule has 1 aromatic carbocycles. The quantitative estimate of drug-likeness (QED) is 0.648. The Labute approximate surface area is 133 Å². The van der Waals surface area contributed by atoms with E-state index in [0.717, 1.165) is 16.6 Å². The molecule has 0 spiro atoms. The second kappa shape index (κ2) is 5.52. The summed E-state index contributed by atoms with van der Waals surface area (Å²) in [5.41, 5.74) is 8.23. The zero-order chi connectivity index (χ0) is 16.6. The van der Waals surface area contributed by atoms with Crippen LogP contribution in [0.15, 0.2) is 41.4 Å². The van der Waals surface area contributed by atoms with Crippen LogP contribution in [0.1, 0.15) is 5.56 Å². The largest absolute Gasteiger partial charge is 0.384 e. The van der Waals surface area contributed by atoms with Crippen LogP contribution in [0.2, 0.25) is 0 Å². The normalized spacial score (nSPS) is 11.7. The van der Waals surface area contributed by atoms with E-state index in [4.69, 9.17) is 10.9 Å². The van der Waals surface area contributed by atoms with Gasteiger partial charge in [0.1, 0.15) is 5.82 Å². The molecule has 23 heavy (non-hydrogen) atoms. The van der Waals surface area contributed by atoms with Crippen molar-refractivity contribution in [3.8, 4) is 0 Å². The van der Waals surface area contributed by atoms with E-state index in [9.17, 15) is 8.42 Å². The highest BCUT2D eigenvalue weighted by atomic mass is 32.2. The Morgan fingerprint density at radius 3 is 2.61 bits per heavy atom. The number of anilines is 2. The van der Waals surface area contributed by atoms with E-state index in [0.29, 0.717) is 18.0 Å². The first kappa shape index (κ1) is 15.3. The summed E-state index contributed by atoms with van der Waals surface area (Å²) in [6.07, 6.45) is 1.72. The lowest BCUT2D eigenvalue weighted by molar-refractivity contribution is 0.598. The monoisotopic (exact) mass is 332 g/mol. The van der Waals surface area contributed by atoms with Crippen molar-refractivity contribution in [2.75, 3.05) is 11.1 Å². The number of aromatic nitrogens is 3. The van der Waals surface area contributed by atoms with Gasteiger partial charge in [-0.15, -0.1) is 0 Å². The molecular weight excluding hydrogens is 316 g/mol. The molecule has 3 aromatic rings. The molecule has 5 N–H and O–H groups in total. The van der Waals surface area contributed by atoms with E-state index in [1.807, 2.05) is 0 Å². The number of rotatable bonds is 4. The molecule has 0 saturated heterocycles. The average molecular weight is 332 g/mol. The van der Waals surface area contributed by atoms with Gasteiger partial charge in [0.2, 0.25) is 10.0 Å². The molecule has 0 fully saturated rings. The lowest BCUT2D eigenvalue weighted by atomic mass is 10.2. The highest BCUT2D eigenvalue weighted by molar-refractivity contribution is 7.89. The molecule has 0 aliphatic rings. The molecule has 3 rings (SSSR count). The molecule has 8 nitrogen and oxygen atoms in total. The minimum atomic E-state index is -3.67. The summed E-state index contributed by atoms with van der Waals surface area (Å²) >= 11 is 0. The fourth-order valence-corrected chi connectivity index (χ4v) is 2.79. The average Bonchev–Trinajstić information content (AvgIpc) is 2.86. The third-order valence-corrected chi connectivity index (χ3v) is 4.39. The van der Waals surface area contributed by atoms with E-state index in [1.165, 1.54) is 12.1 Å². The fourth-order valence-electron chi connectivity index (χ4n) is 2.27. The number of benzene rings is 1. The summed E-state index contributed by atoms with van der Waals surface area (Å²) in [6, 6.07) is 8.11. The molecule has 0 aliphatic carbocycles. The number of nitrogens with two attached hydrogens (primary N) is 2. The van der Waals surface area contributed by atoms with Crippen molar-refractivity contribution in [3.05, 3.63) is 42.1 Å². The van der Waals surface area contributed by atoms with Crippen molar-refractivity contribution in [2.24, 2.45) is 12.2 Å². The van der Waals surface area contributed by atoms with Gasteiger partial charge in [-0.25, -0.2) is 18.5 Å². The number of aryl methyl sites for hydroxylation is 1. The van der Waals surface area contributed by atoms with Gasteiger partial charge in [-0.3, -0.25) is 4.68 Å². The first-order chi connectivity index (χ1) is 10.8. The smallest absolute Gasteiger partial charge is 0.238 e. The molecule has 0 unspecified atom stereocenters. The van der Waals surface area contributed by atoms with Gasteiger partial charge < -0.3 is 11.1 Å². The lowest BCUT2D eigenvalue weighted by Gasteiger charge is -2.09. The first-order valence-electron chi connectivity index (χ1n) is 6.78. The van der Waals surface area contributed by atoms with E-state index >= 15 is 0 Å². The Balaban J connectivity index is 1.84. The van der Waals surface area contributed by atoms with Gasteiger partial charge in [-0.1, -0.05) is 12.1 Å². The Morgan fingerprint density at radius 1 is 1.26 bits per heavy atom. The molecule has 0 radical (unpaired) electrons. The number of sulfonamides is 1. The molecule has 120 valence electrons. The number of hydrogen-bond donors (Lipinski definition) is 3. The number of fused-ring (bicyclic) bond motifs is 1. The molecule has 0 amide bonds. The van der Waals surface area contributed by atoms with Crippen LogP contribution >= 0.6 is 0 Å². The van der Waals surface area contributed by atoms with Crippen LogP contribution in [0.5, 0.6) is 0 Å². The second-order valence-corrected chi connectivity index (χ2v) is 6.70. The van der Waals surface area contributed by atoms with E-state index < -0.39 is 10.0 Å². The van der Waals surface area contributed by atoms with Crippen molar-refractivity contribution >= 4 is 32.6 Å². The first-order valence-corrected chi connectivity index (χ1v) is 8.33.